The fourth-order valence-corrected chi connectivity index (χ4v) is 2.04. The number of hydrogen-bond donors (Lipinski definition) is 0. The van der Waals surface area contributed by atoms with Gasteiger partial charge in [0.2, 0.25) is 0 Å². The Hall–Kier alpha value is -1.29. The first-order valence-electron chi connectivity index (χ1n) is 5.73. The molecule has 1 aliphatic rings. The Bertz CT molecular complexity index is 434. The van der Waals surface area contributed by atoms with Crippen molar-refractivity contribution in [3.05, 3.63) is 35.4 Å². The van der Waals surface area contributed by atoms with Gasteiger partial charge >= 0.3 is 0 Å². The molecule has 72 valence electrons. The average Bonchev–Trinajstić information content (AvgIpc) is 2.56. The van der Waals surface area contributed by atoms with Gasteiger partial charge in [-0.2, -0.15) is 0 Å². The van der Waals surface area contributed by atoms with Crippen LogP contribution < -0.4 is 0 Å². The van der Waals surface area contributed by atoms with Crippen molar-refractivity contribution in [2.75, 3.05) is 0 Å². The molecule has 2 rings (SSSR count). The van der Waals surface area contributed by atoms with E-state index in [4.69, 9.17) is 9.16 Å². The van der Waals surface area contributed by atoms with Gasteiger partial charge in [0.1, 0.15) is 6.17 Å². The van der Waals surface area contributed by atoms with E-state index in [-0.39, 0.29) is 6.42 Å². The van der Waals surface area contributed by atoms with Gasteiger partial charge in [-0.05, 0) is 17.5 Å². The maximum Gasteiger partial charge on any atom is 0.111 e. The molecule has 1 heteroatoms. The number of rotatable bonds is 2. The molecule has 1 aliphatic carbocycles. The normalized spacial score (nSPS) is 27.4. The minimum absolute atomic E-state index is 0.0572. The largest absolute Gasteiger partial charge is 0.246 e. The summed E-state index contributed by atoms with van der Waals surface area (Å²) in [5, 5.41) is 0. The van der Waals surface area contributed by atoms with Crippen molar-refractivity contribution in [1.82, 2.24) is 0 Å². The lowest BCUT2D eigenvalue weighted by Crippen LogP contribution is -2.07. The fourth-order valence-electron chi connectivity index (χ4n) is 2.04. The van der Waals surface area contributed by atoms with Crippen LogP contribution in [0.15, 0.2) is 24.3 Å². The first kappa shape index (κ1) is 7.06. The van der Waals surface area contributed by atoms with Gasteiger partial charge in [0, 0.05) is 21.5 Å². The third-order valence-corrected chi connectivity index (χ3v) is 2.73. The van der Waals surface area contributed by atoms with E-state index in [0.717, 1.165) is 11.1 Å². The van der Waals surface area contributed by atoms with Gasteiger partial charge in [0.25, 0.3) is 0 Å². The summed E-state index contributed by atoms with van der Waals surface area (Å²) in [5.41, 5.74) is 1.89. The average molecular weight is 190 g/mol. The van der Waals surface area contributed by atoms with Crippen molar-refractivity contribution >= 4 is 0 Å². The van der Waals surface area contributed by atoms with Crippen LogP contribution in [0.5, 0.6) is 0 Å². The van der Waals surface area contributed by atoms with Crippen LogP contribution in [0.3, 0.4) is 0 Å². The minimum Gasteiger partial charge on any atom is -0.246 e. The van der Waals surface area contributed by atoms with Crippen LogP contribution in [0.2, 0.25) is 0 Å². The van der Waals surface area contributed by atoms with E-state index in [1.165, 1.54) is 0 Å². The molecular weight excluding hydrogens is 175 g/mol. The van der Waals surface area contributed by atoms with Gasteiger partial charge in [-0.3, -0.25) is 0 Å². The van der Waals surface area contributed by atoms with Gasteiger partial charge in [0.05, 0.1) is 0 Å². The number of alkyl halides is 1. The molecule has 0 nitrogen and oxygen atoms in total. The van der Waals surface area contributed by atoms with Crippen molar-refractivity contribution in [1.29, 1.82) is 0 Å². The van der Waals surface area contributed by atoms with Crippen LogP contribution in [0.4, 0.5) is 4.39 Å². The Balaban J connectivity index is 2.27. The molecular formula is C13H13F. The second-order valence-electron chi connectivity index (χ2n) is 3.55. The van der Waals surface area contributed by atoms with Gasteiger partial charge in [0.15, 0.2) is 0 Å². The molecule has 1 aromatic rings. The highest BCUT2D eigenvalue weighted by Gasteiger charge is 2.31. The smallest absolute Gasteiger partial charge is 0.111 e. The summed E-state index contributed by atoms with van der Waals surface area (Å²) >= 11 is 0. The summed E-state index contributed by atoms with van der Waals surface area (Å²) in [6.07, 6.45) is 2.79. The second kappa shape index (κ2) is 3.84. The Morgan fingerprint density at radius 3 is 3.14 bits per heavy atom. The molecule has 0 bridgehead atoms. The second-order valence-corrected chi connectivity index (χ2v) is 3.55. The third kappa shape index (κ3) is 1.53. The molecule has 0 fully saturated rings. The van der Waals surface area contributed by atoms with E-state index in [1.54, 1.807) is 0 Å². The van der Waals surface area contributed by atoms with Gasteiger partial charge < -0.3 is 0 Å². The van der Waals surface area contributed by atoms with Crippen LogP contribution in [0, 0.1) is 12.3 Å². The molecule has 0 aromatic heterocycles. The van der Waals surface area contributed by atoms with Crippen LogP contribution in [0.1, 0.15) is 32.6 Å². The van der Waals surface area contributed by atoms with Gasteiger partial charge in [-0.15, -0.1) is 12.3 Å². The number of halogens is 1. The van der Waals surface area contributed by atoms with E-state index in [1.807, 2.05) is 24.3 Å². The highest BCUT2D eigenvalue weighted by atomic mass is 19.1. The van der Waals surface area contributed by atoms with E-state index < -0.39 is 18.5 Å². The van der Waals surface area contributed by atoms with Crippen LogP contribution in [-0.2, 0) is 6.42 Å². The monoisotopic (exact) mass is 190 g/mol. The van der Waals surface area contributed by atoms with E-state index >= 15 is 0 Å². The number of fused-ring (bicyclic) bond motifs is 1. The van der Waals surface area contributed by atoms with Crippen molar-refractivity contribution in [2.24, 2.45) is 0 Å². The van der Waals surface area contributed by atoms with E-state index in [0.29, 0.717) is 6.42 Å². The number of hydrogen-bond acceptors (Lipinski definition) is 0. The lowest BCUT2D eigenvalue weighted by Gasteiger charge is -2.11. The fraction of sp³-hybridized carbons (Fsp3) is 0.385. The summed E-state index contributed by atoms with van der Waals surface area (Å²) in [4.78, 5) is 0. The first-order valence-corrected chi connectivity index (χ1v) is 4.73. The zero-order valence-electron chi connectivity index (χ0n) is 9.83. The summed E-state index contributed by atoms with van der Waals surface area (Å²) in [7, 11) is 0. The summed E-state index contributed by atoms with van der Waals surface area (Å²) < 4.78 is 28.9. The lowest BCUT2D eigenvalue weighted by molar-refractivity contribution is 0.292. The first-order chi connectivity index (χ1) is 7.53. The quantitative estimate of drug-likeness (QED) is 0.629. The standard InChI is InChI=1S/C13H13F/c1-2-3-7-12-11-8-5-4-6-10(11)9-13(12)14/h1,4-6,8,12-13H,3,7,9H2/i3D2,14+0. The van der Waals surface area contributed by atoms with Gasteiger partial charge in [-0.1, -0.05) is 24.3 Å². The molecule has 1 aromatic carbocycles. The molecule has 0 aliphatic heterocycles. The molecule has 0 saturated heterocycles. The molecule has 0 saturated carbocycles. The maximum absolute atomic E-state index is 13.8. The Labute approximate surface area is 87.0 Å². The number of terminal acetylenes is 1. The molecule has 0 amide bonds. The molecule has 0 heterocycles. The zero-order valence-corrected chi connectivity index (χ0v) is 7.83. The van der Waals surface area contributed by atoms with Crippen LogP contribution in [0.25, 0.3) is 0 Å². The maximum atomic E-state index is 13.8. The molecule has 0 spiro atoms. The van der Waals surface area contributed by atoms with Crippen molar-refractivity contribution in [2.45, 2.75) is 31.3 Å². The number of benzene rings is 1. The Morgan fingerprint density at radius 1 is 1.57 bits per heavy atom. The predicted molar refractivity (Wildman–Crippen MR) is 55.9 cm³/mol. The summed E-state index contributed by atoms with van der Waals surface area (Å²) in [6.45, 7) is 0. The van der Waals surface area contributed by atoms with Crippen LogP contribution >= 0.6 is 0 Å². The summed E-state index contributed by atoms with van der Waals surface area (Å²) in [5.74, 6) is 1.69. The molecule has 0 radical (unpaired) electrons. The van der Waals surface area contributed by atoms with E-state index in [2.05, 4.69) is 5.92 Å². The van der Waals surface area contributed by atoms with Crippen molar-refractivity contribution < 1.29 is 7.13 Å². The SMILES string of the molecule is [2H]C([2H])(C#C)CC1c2ccccc2CC1[19F]. The van der Waals surface area contributed by atoms with Crippen molar-refractivity contribution in [3.63, 3.8) is 0 Å². The molecule has 2 unspecified atom stereocenters. The van der Waals surface area contributed by atoms with Crippen LogP contribution in [-0.4, -0.2) is 6.17 Å². The minimum atomic E-state index is -1.73. The van der Waals surface area contributed by atoms with Crippen molar-refractivity contribution in [3.8, 4) is 12.3 Å². The molecule has 0 N–H and O–H groups in total. The zero-order chi connectivity index (χ0) is 11.8. The summed E-state index contributed by atoms with van der Waals surface area (Å²) in [6, 6.07) is 7.50. The van der Waals surface area contributed by atoms with E-state index in [9.17, 15) is 4.39 Å². The highest BCUT2D eigenvalue weighted by molar-refractivity contribution is 5.36. The van der Waals surface area contributed by atoms with Gasteiger partial charge in [-0.25, -0.2) is 4.39 Å². The highest BCUT2D eigenvalue weighted by Crippen LogP contribution is 2.37. The topological polar surface area (TPSA) is 0 Å². The Morgan fingerprint density at radius 2 is 2.36 bits per heavy atom. The lowest BCUT2D eigenvalue weighted by atomic mass is 9.95. The third-order valence-electron chi connectivity index (χ3n) is 2.73. The Kier molecular flexibility index (Phi) is 1.94. The predicted octanol–water partition coefficient (Wildman–Crippen LogP) is 3.08. The molecule has 14 heavy (non-hydrogen) atoms. The molecule has 2 atom stereocenters.